The van der Waals surface area contributed by atoms with E-state index in [2.05, 4.69) is 61.4 Å². The van der Waals surface area contributed by atoms with Crippen LogP contribution in [0.4, 0.5) is 0 Å². The maximum absolute atomic E-state index is 10.8. The Kier molecular flexibility index (Phi) is 7.49. The molecule has 2 atom stereocenters. The molecule has 3 aromatic rings. The highest BCUT2D eigenvalue weighted by Gasteiger charge is 2.22. The zero-order valence-corrected chi connectivity index (χ0v) is 18.8. The number of hydrogen-bond donors (Lipinski definition) is 0. The second-order valence-corrected chi connectivity index (χ2v) is 8.67. The van der Waals surface area contributed by atoms with Crippen molar-refractivity contribution in [1.29, 1.82) is 0 Å². The van der Waals surface area contributed by atoms with Crippen molar-refractivity contribution in [2.24, 2.45) is 0 Å². The number of aryl methyl sites for hydroxylation is 1. The lowest BCUT2D eigenvalue weighted by Gasteiger charge is -2.24. The molecule has 0 N–H and O–H groups in total. The van der Waals surface area contributed by atoms with Gasteiger partial charge in [0.2, 0.25) is 10.4 Å². The van der Waals surface area contributed by atoms with Gasteiger partial charge >= 0.3 is 0 Å². The Bertz CT molecular complexity index is 1030. The molecule has 0 bridgehead atoms. The first-order chi connectivity index (χ1) is 14.8. The van der Waals surface area contributed by atoms with E-state index in [1.165, 1.54) is 0 Å². The molecule has 0 saturated heterocycles. The van der Waals surface area contributed by atoms with E-state index in [0.29, 0.717) is 5.75 Å². The van der Waals surface area contributed by atoms with Crippen molar-refractivity contribution in [1.82, 2.24) is 0 Å². The lowest BCUT2D eigenvalue weighted by atomic mass is 9.85. The van der Waals surface area contributed by atoms with E-state index in [1.54, 1.807) is 0 Å². The van der Waals surface area contributed by atoms with Gasteiger partial charge in [-0.05, 0) is 18.1 Å². The smallest absolute Gasteiger partial charge is 0.217 e. The fraction of sp³-hybridized carbons (Fsp3) is 0.280. The molecule has 164 valence electrons. The first kappa shape index (κ1) is 23.0. The van der Waals surface area contributed by atoms with Crippen LogP contribution in [0.15, 0.2) is 72.8 Å². The number of benzene rings is 3. The molecule has 31 heavy (non-hydrogen) atoms. The summed E-state index contributed by atoms with van der Waals surface area (Å²) >= 11 is 0. The molecule has 0 radical (unpaired) electrons. The van der Waals surface area contributed by atoms with Crippen molar-refractivity contribution in [3.63, 3.8) is 0 Å². The third-order valence-electron chi connectivity index (χ3n) is 5.38. The Morgan fingerprint density at radius 1 is 0.806 bits per heavy atom. The summed E-state index contributed by atoms with van der Waals surface area (Å²) in [5, 5.41) is 0. The summed E-state index contributed by atoms with van der Waals surface area (Å²) in [7, 11) is -4.75. The molecule has 3 aromatic carbocycles. The molecule has 0 saturated carbocycles. The Balaban J connectivity index is 2.03. The van der Waals surface area contributed by atoms with E-state index in [1.807, 2.05) is 36.4 Å². The van der Waals surface area contributed by atoms with Gasteiger partial charge in [0.1, 0.15) is 12.4 Å². The maximum atomic E-state index is 10.8. The highest BCUT2D eigenvalue weighted by atomic mass is 32.3. The molecule has 0 fully saturated rings. The van der Waals surface area contributed by atoms with Crippen molar-refractivity contribution in [2.45, 2.75) is 32.6 Å². The van der Waals surface area contributed by atoms with Gasteiger partial charge in [-0.3, -0.25) is 4.18 Å². The van der Waals surface area contributed by atoms with Crippen molar-refractivity contribution >= 4 is 10.4 Å². The quantitative estimate of drug-likeness (QED) is 0.262. The van der Waals surface area contributed by atoms with E-state index in [9.17, 15) is 13.0 Å². The van der Waals surface area contributed by atoms with E-state index in [0.717, 1.165) is 27.8 Å². The predicted molar refractivity (Wildman–Crippen MR) is 120 cm³/mol. The third kappa shape index (κ3) is 6.17. The van der Waals surface area contributed by atoms with Gasteiger partial charge in [0.05, 0.1) is 6.61 Å². The van der Waals surface area contributed by atoms with Gasteiger partial charge in [-0.2, -0.15) is 0 Å². The summed E-state index contributed by atoms with van der Waals surface area (Å²) in [5.41, 5.74) is 5.42. The Hall–Kier alpha value is -2.67. The predicted octanol–water partition coefficient (Wildman–Crippen LogP) is 5.15. The van der Waals surface area contributed by atoms with Gasteiger partial charge < -0.3 is 9.29 Å². The molecular formula is C25H27O5S-. The Labute approximate surface area is 184 Å². The highest BCUT2D eigenvalue weighted by molar-refractivity contribution is 7.80. The normalized spacial score (nSPS) is 13.5. The van der Waals surface area contributed by atoms with Gasteiger partial charge in [0.25, 0.3) is 0 Å². The molecular weight excluding hydrogens is 412 g/mol. The van der Waals surface area contributed by atoms with Crippen LogP contribution in [-0.2, 0) is 14.6 Å². The average molecular weight is 440 g/mol. The fourth-order valence-electron chi connectivity index (χ4n) is 3.76. The van der Waals surface area contributed by atoms with Crippen LogP contribution < -0.4 is 4.74 Å². The minimum Gasteiger partial charge on any atom is -0.726 e. The molecule has 0 spiro atoms. The lowest BCUT2D eigenvalue weighted by molar-refractivity contribution is 0.196. The van der Waals surface area contributed by atoms with Crippen LogP contribution in [0.5, 0.6) is 5.75 Å². The van der Waals surface area contributed by atoms with Gasteiger partial charge in [-0.15, -0.1) is 0 Å². The van der Waals surface area contributed by atoms with Crippen molar-refractivity contribution in [3.05, 3.63) is 101 Å². The third-order valence-corrected chi connectivity index (χ3v) is 5.84. The molecule has 0 aliphatic heterocycles. The summed E-state index contributed by atoms with van der Waals surface area (Å²) in [5.74, 6) is 0.814. The summed E-state index contributed by atoms with van der Waals surface area (Å²) < 4.78 is 42.7. The second-order valence-electron chi connectivity index (χ2n) is 7.62. The van der Waals surface area contributed by atoms with Crippen LogP contribution in [0.25, 0.3) is 0 Å². The molecule has 0 aliphatic rings. The summed E-state index contributed by atoms with van der Waals surface area (Å²) in [6, 6.07) is 24.5. The first-order valence-electron chi connectivity index (χ1n) is 10.2. The molecule has 0 amide bonds. The van der Waals surface area contributed by atoms with E-state index in [-0.39, 0.29) is 25.0 Å². The monoisotopic (exact) mass is 439 g/mol. The topological polar surface area (TPSA) is 75.7 Å². The summed E-state index contributed by atoms with van der Waals surface area (Å²) in [6.45, 7) is 5.91. The second kappa shape index (κ2) is 10.1. The zero-order valence-electron chi connectivity index (χ0n) is 17.9. The fourth-order valence-corrected chi connectivity index (χ4v) is 4.03. The van der Waals surface area contributed by atoms with Gasteiger partial charge in [-0.25, -0.2) is 8.42 Å². The van der Waals surface area contributed by atoms with Crippen molar-refractivity contribution in [2.75, 3.05) is 13.2 Å². The van der Waals surface area contributed by atoms with Crippen LogP contribution >= 0.6 is 0 Å². The average Bonchev–Trinajstić information content (AvgIpc) is 2.76. The molecule has 3 rings (SSSR count). The minimum atomic E-state index is -4.75. The van der Waals surface area contributed by atoms with E-state index >= 15 is 0 Å². The minimum absolute atomic E-state index is 0.0481. The molecule has 0 aromatic heterocycles. The van der Waals surface area contributed by atoms with Crippen LogP contribution in [0, 0.1) is 6.92 Å². The molecule has 0 heterocycles. The lowest BCUT2D eigenvalue weighted by Crippen LogP contribution is -2.15. The standard InChI is InChI=1S/C25H28O5S/c1-18-16-23(19(2)21-10-6-4-7-11-21)25(29-14-15-30-31(26,27)28)24(17-18)20(3)22-12-8-5-9-13-22/h4-13,16-17,19-20H,14-15H2,1-3H3,(H,26,27,28)/p-1. The van der Waals surface area contributed by atoms with Gasteiger partial charge in [0, 0.05) is 23.0 Å². The largest absolute Gasteiger partial charge is 0.726 e. The first-order valence-corrected chi connectivity index (χ1v) is 11.6. The van der Waals surface area contributed by atoms with E-state index < -0.39 is 10.4 Å². The van der Waals surface area contributed by atoms with Crippen LogP contribution in [-0.4, -0.2) is 26.2 Å². The highest BCUT2D eigenvalue weighted by Crippen LogP contribution is 2.40. The number of hydrogen-bond acceptors (Lipinski definition) is 5. The maximum Gasteiger partial charge on any atom is 0.217 e. The number of ether oxygens (including phenoxy) is 1. The zero-order chi connectivity index (χ0) is 22.4. The molecule has 5 nitrogen and oxygen atoms in total. The Morgan fingerprint density at radius 3 is 1.68 bits per heavy atom. The van der Waals surface area contributed by atoms with Crippen molar-refractivity contribution in [3.8, 4) is 5.75 Å². The SMILES string of the molecule is Cc1cc(C(C)c2ccccc2)c(OCCOS(=O)(=O)[O-])c(C(C)c2ccccc2)c1. The molecule has 6 heteroatoms. The van der Waals surface area contributed by atoms with Gasteiger partial charge in [0.15, 0.2) is 0 Å². The van der Waals surface area contributed by atoms with Crippen molar-refractivity contribution < 1.29 is 21.9 Å². The van der Waals surface area contributed by atoms with Gasteiger partial charge in [-0.1, -0.05) is 92.2 Å². The van der Waals surface area contributed by atoms with E-state index in [4.69, 9.17) is 4.74 Å². The summed E-state index contributed by atoms with van der Waals surface area (Å²) in [4.78, 5) is 0. The number of rotatable bonds is 9. The molecule has 2 unspecified atom stereocenters. The Morgan fingerprint density at radius 2 is 1.26 bits per heavy atom. The van der Waals surface area contributed by atoms with Crippen LogP contribution in [0.3, 0.4) is 0 Å². The van der Waals surface area contributed by atoms with Crippen LogP contribution in [0.2, 0.25) is 0 Å². The van der Waals surface area contributed by atoms with Crippen LogP contribution in [0.1, 0.15) is 53.5 Å². The molecule has 0 aliphatic carbocycles. The summed E-state index contributed by atoms with van der Waals surface area (Å²) in [6.07, 6.45) is 0.